The Balaban J connectivity index is 2.64. The highest BCUT2D eigenvalue weighted by molar-refractivity contribution is 5.37. The maximum Gasteiger partial charge on any atom is 0.105 e. The normalized spacial score (nSPS) is 9.80. The van der Waals surface area contributed by atoms with Gasteiger partial charge in [0.2, 0.25) is 0 Å². The molecule has 0 radical (unpaired) electrons. The van der Waals surface area contributed by atoms with Crippen LogP contribution in [-0.2, 0) is 0 Å². The minimum absolute atomic E-state index is 1.07. The van der Waals surface area contributed by atoms with Crippen LogP contribution in [0.2, 0.25) is 0 Å². The van der Waals surface area contributed by atoms with Crippen molar-refractivity contribution in [2.75, 3.05) is 18.0 Å². The number of hydrogen-bond donors (Lipinski definition) is 1. The van der Waals surface area contributed by atoms with Crippen LogP contribution in [0.4, 0.5) is 5.82 Å². The SMILES string of the molecule is CCN(CC)c1ccc[nH]1. The van der Waals surface area contributed by atoms with E-state index in [2.05, 4.69) is 29.8 Å². The van der Waals surface area contributed by atoms with Crippen LogP contribution >= 0.6 is 0 Å². The quantitative estimate of drug-likeness (QED) is 0.675. The van der Waals surface area contributed by atoms with Gasteiger partial charge < -0.3 is 9.88 Å². The van der Waals surface area contributed by atoms with Gasteiger partial charge in [0.05, 0.1) is 0 Å². The predicted molar refractivity (Wildman–Crippen MR) is 44.4 cm³/mol. The molecule has 1 rings (SSSR count). The molecule has 0 atom stereocenters. The van der Waals surface area contributed by atoms with Gasteiger partial charge in [-0.25, -0.2) is 0 Å². The van der Waals surface area contributed by atoms with E-state index >= 15 is 0 Å². The lowest BCUT2D eigenvalue weighted by atomic mass is 10.5. The van der Waals surface area contributed by atoms with Gasteiger partial charge in [0, 0.05) is 19.3 Å². The minimum Gasteiger partial charge on any atom is -0.359 e. The van der Waals surface area contributed by atoms with Crippen molar-refractivity contribution in [3.8, 4) is 0 Å². The zero-order valence-corrected chi connectivity index (χ0v) is 6.59. The first-order valence-corrected chi connectivity index (χ1v) is 3.76. The first-order chi connectivity index (χ1) is 4.88. The van der Waals surface area contributed by atoms with E-state index in [9.17, 15) is 0 Å². The second-order valence-electron chi connectivity index (χ2n) is 2.23. The van der Waals surface area contributed by atoms with Crippen molar-refractivity contribution < 1.29 is 0 Å². The zero-order chi connectivity index (χ0) is 7.40. The van der Waals surface area contributed by atoms with Gasteiger partial charge >= 0.3 is 0 Å². The van der Waals surface area contributed by atoms with Crippen molar-refractivity contribution in [1.29, 1.82) is 0 Å². The molecule has 1 N–H and O–H groups in total. The molecule has 0 unspecified atom stereocenters. The van der Waals surface area contributed by atoms with E-state index in [4.69, 9.17) is 0 Å². The Bertz CT molecular complexity index is 163. The summed E-state index contributed by atoms with van der Waals surface area (Å²) in [4.78, 5) is 5.44. The summed E-state index contributed by atoms with van der Waals surface area (Å²) in [7, 11) is 0. The molecule has 0 aliphatic rings. The first kappa shape index (κ1) is 7.19. The molecular formula is C8H14N2. The summed E-state index contributed by atoms with van der Waals surface area (Å²) in [5, 5.41) is 0. The van der Waals surface area contributed by atoms with E-state index in [0.29, 0.717) is 0 Å². The van der Waals surface area contributed by atoms with Crippen LogP contribution < -0.4 is 4.90 Å². The Morgan fingerprint density at radius 3 is 2.50 bits per heavy atom. The van der Waals surface area contributed by atoms with Crippen molar-refractivity contribution in [3.05, 3.63) is 18.3 Å². The van der Waals surface area contributed by atoms with E-state index in [-0.39, 0.29) is 0 Å². The third-order valence-electron chi connectivity index (χ3n) is 1.69. The monoisotopic (exact) mass is 138 g/mol. The van der Waals surface area contributed by atoms with Crippen LogP contribution in [-0.4, -0.2) is 18.1 Å². The third-order valence-corrected chi connectivity index (χ3v) is 1.69. The molecule has 0 aromatic carbocycles. The molecular weight excluding hydrogens is 124 g/mol. The second-order valence-corrected chi connectivity index (χ2v) is 2.23. The molecule has 1 aromatic rings. The molecule has 0 saturated carbocycles. The van der Waals surface area contributed by atoms with E-state index in [1.807, 2.05) is 12.3 Å². The fraction of sp³-hybridized carbons (Fsp3) is 0.500. The standard InChI is InChI=1S/C8H14N2/c1-3-10(4-2)8-6-5-7-9-8/h5-7,9H,3-4H2,1-2H3. The van der Waals surface area contributed by atoms with Crippen LogP contribution in [0.5, 0.6) is 0 Å². The van der Waals surface area contributed by atoms with E-state index in [0.717, 1.165) is 13.1 Å². The van der Waals surface area contributed by atoms with Crippen LogP contribution in [0.15, 0.2) is 18.3 Å². The molecule has 0 spiro atoms. The highest BCUT2D eigenvalue weighted by Gasteiger charge is 1.98. The average Bonchev–Trinajstić information content (AvgIpc) is 2.43. The van der Waals surface area contributed by atoms with Gasteiger partial charge in [-0.1, -0.05) is 0 Å². The molecule has 0 saturated heterocycles. The summed E-state index contributed by atoms with van der Waals surface area (Å²) in [6.45, 7) is 6.45. The summed E-state index contributed by atoms with van der Waals surface area (Å²) >= 11 is 0. The lowest BCUT2D eigenvalue weighted by Crippen LogP contribution is -2.21. The number of aromatic amines is 1. The third kappa shape index (κ3) is 1.32. The molecule has 0 aliphatic heterocycles. The van der Waals surface area contributed by atoms with Gasteiger partial charge in [-0.05, 0) is 26.0 Å². The molecule has 0 fully saturated rings. The molecule has 56 valence electrons. The fourth-order valence-electron chi connectivity index (χ4n) is 1.08. The van der Waals surface area contributed by atoms with Gasteiger partial charge in [-0.15, -0.1) is 0 Å². The first-order valence-electron chi connectivity index (χ1n) is 3.76. The molecule has 1 aromatic heterocycles. The number of hydrogen-bond acceptors (Lipinski definition) is 1. The number of aromatic nitrogens is 1. The molecule has 10 heavy (non-hydrogen) atoms. The maximum atomic E-state index is 3.16. The van der Waals surface area contributed by atoms with Crippen LogP contribution in [0.3, 0.4) is 0 Å². The van der Waals surface area contributed by atoms with Crippen molar-refractivity contribution >= 4 is 5.82 Å². The summed E-state index contributed by atoms with van der Waals surface area (Å²) < 4.78 is 0. The summed E-state index contributed by atoms with van der Waals surface area (Å²) in [6.07, 6.45) is 1.95. The molecule has 0 bridgehead atoms. The Kier molecular flexibility index (Phi) is 2.37. The average molecular weight is 138 g/mol. The highest BCUT2D eigenvalue weighted by Crippen LogP contribution is 2.07. The number of nitrogens with one attached hydrogen (secondary N) is 1. The number of H-pyrrole nitrogens is 1. The van der Waals surface area contributed by atoms with E-state index in [1.165, 1.54) is 5.82 Å². The topological polar surface area (TPSA) is 19.0 Å². The largest absolute Gasteiger partial charge is 0.359 e. The number of anilines is 1. The van der Waals surface area contributed by atoms with Gasteiger partial charge in [0.15, 0.2) is 0 Å². The Labute approximate surface area is 61.9 Å². The Hall–Kier alpha value is -0.920. The van der Waals surface area contributed by atoms with Gasteiger partial charge in [0.1, 0.15) is 5.82 Å². The molecule has 1 heterocycles. The van der Waals surface area contributed by atoms with Crippen molar-refractivity contribution in [2.24, 2.45) is 0 Å². The van der Waals surface area contributed by atoms with Crippen molar-refractivity contribution in [3.63, 3.8) is 0 Å². The van der Waals surface area contributed by atoms with E-state index in [1.54, 1.807) is 0 Å². The lowest BCUT2D eigenvalue weighted by molar-refractivity contribution is 0.851. The smallest absolute Gasteiger partial charge is 0.105 e. The minimum atomic E-state index is 1.07. The zero-order valence-electron chi connectivity index (χ0n) is 6.59. The van der Waals surface area contributed by atoms with Crippen molar-refractivity contribution in [2.45, 2.75) is 13.8 Å². The molecule has 2 nitrogen and oxygen atoms in total. The fourth-order valence-corrected chi connectivity index (χ4v) is 1.08. The summed E-state index contributed by atoms with van der Waals surface area (Å²) in [5.41, 5.74) is 0. The van der Waals surface area contributed by atoms with Gasteiger partial charge in [-0.2, -0.15) is 0 Å². The summed E-state index contributed by atoms with van der Waals surface area (Å²) in [5.74, 6) is 1.21. The number of rotatable bonds is 3. The van der Waals surface area contributed by atoms with Gasteiger partial charge in [-0.3, -0.25) is 0 Å². The Morgan fingerprint density at radius 2 is 2.10 bits per heavy atom. The molecule has 2 heteroatoms. The lowest BCUT2D eigenvalue weighted by Gasteiger charge is -2.18. The second kappa shape index (κ2) is 3.30. The van der Waals surface area contributed by atoms with Crippen molar-refractivity contribution in [1.82, 2.24) is 4.98 Å². The maximum absolute atomic E-state index is 3.16. The van der Waals surface area contributed by atoms with Gasteiger partial charge in [0.25, 0.3) is 0 Å². The molecule has 0 amide bonds. The predicted octanol–water partition coefficient (Wildman–Crippen LogP) is 1.86. The summed E-state index contributed by atoms with van der Waals surface area (Å²) in [6, 6.07) is 4.11. The van der Waals surface area contributed by atoms with Crippen LogP contribution in [0.1, 0.15) is 13.8 Å². The van der Waals surface area contributed by atoms with Crippen LogP contribution in [0, 0.1) is 0 Å². The highest BCUT2D eigenvalue weighted by atomic mass is 15.2. The van der Waals surface area contributed by atoms with E-state index < -0.39 is 0 Å². The molecule has 0 aliphatic carbocycles. The Morgan fingerprint density at radius 1 is 1.40 bits per heavy atom. The number of nitrogens with zero attached hydrogens (tertiary/aromatic N) is 1. The van der Waals surface area contributed by atoms with Crippen LogP contribution in [0.25, 0.3) is 0 Å².